The van der Waals surface area contributed by atoms with Gasteiger partial charge in [0.2, 0.25) is 0 Å². The lowest BCUT2D eigenvalue weighted by atomic mass is 10.3. The highest BCUT2D eigenvalue weighted by molar-refractivity contribution is 14.1. The SMILES string of the molecule is CCCCN(C)/N=C/C[Si](C)(OC)OI. The van der Waals surface area contributed by atoms with Crippen molar-refractivity contribution in [2.24, 2.45) is 5.10 Å². The van der Waals surface area contributed by atoms with E-state index in [9.17, 15) is 0 Å². The van der Waals surface area contributed by atoms with Gasteiger partial charge >= 0.3 is 8.56 Å². The molecule has 0 aliphatic heterocycles. The Morgan fingerprint density at radius 3 is 2.67 bits per heavy atom. The lowest BCUT2D eigenvalue weighted by Crippen LogP contribution is -2.34. The second-order valence-corrected chi connectivity index (χ2v) is 8.21. The first-order valence-corrected chi connectivity index (χ1v) is 8.57. The van der Waals surface area contributed by atoms with Crippen LogP contribution in [0.5, 0.6) is 0 Å². The van der Waals surface area contributed by atoms with E-state index in [1.54, 1.807) is 7.11 Å². The van der Waals surface area contributed by atoms with Gasteiger partial charge in [0.05, 0.1) is 23.0 Å². The standard InChI is InChI=1S/C9H21IN2O2Si/c1-5-6-8-12(2)11-7-9-15(4,13-3)14-10/h7H,5-6,8-9H2,1-4H3/b11-7+. The fourth-order valence-electron chi connectivity index (χ4n) is 0.937. The van der Waals surface area contributed by atoms with Crippen LogP contribution < -0.4 is 0 Å². The summed E-state index contributed by atoms with van der Waals surface area (Å²) in [5, 5.41) is 6.28. The van der Waals surface area contributed by atoms with Crippen LogP contribution >= 0.6 is 23.0 Å². The van der Waals surface area contributed by atoms with Gasteiger partial charge in [0, 0.05) is 33.0 Å². The van der Waals surface area contributed by atoms with E-state index in [-0.39, 0.29) is 0 Å². The average molecular weight is 344 g/mol. The first-order valence-electron chi connectivity index (χ1n) is 5.16. The quantitative estimate of drug-likeness (QED) is 0.294. The third kappa shape index (κ3) is 7.26. The van der Waals surface area contributed by atoms with Crippen molar-refractivity contribution >= 4 is 37.8 Å². The molecule has 0 bridgehead atoms. The predicted molar refractivity (Wildman–Crippen MR) is 74.6 cm³/mol. The van der Waals surface area contributed by atoms with Gasteiger partial charge in [-0.15, -0.1) is 0 Å². The summed E-state index contributed by atoms with van der Waals surface area (Å²) < 4.78 is 10.7. The Labute approximate surface area is 108 Å². The highest BCUT2D eigenvalue weighted by Gasteiger charge is 2.28. The fourth-order valence-corrected chi connectivity index (χ4v) is 2.72. The molecule has 0 heterocycles. The molecule has 0 saturated heterocycles. The summed E-state index contributed by atoms with van der Waals surface area (Å²) in [6.07, 6.45) is 4.26. The molecule has 0 saturated carbocycles. The van der Waals surface area contributed by atoms with E-state index < -0.39 is 8.56 Å². The molecule has 0 spiro atoms. The zero-order valence-electron chi connectivity index (χ0n) is 9.99. The first kappa shape index (κ1) is 15.3. The van der Waals surface area contributed by atoms with Crippen LogP contribution in [0.3, 0.4) is 0 Å². The number of nitrogens with zero attached hydrogens (tertiary/aromatic N) is 2. The van der Waals surface area contributed by atoms with Crippen molar-refractivity contribution in [3.8, 4) is 0 Å². The summed E-state index contributed by atoms with van der Waals surface area (Å²) in [4.78, 5) is 0. The Morgan fingerprint density at radius 2 is 2.20 bits per heavy atom. The lowest BCUT2D eigenvalue weighted by molar-refractivity contribution is 0.337. The van der Waals surface area contributed by atoms with E-state index in [1.165, 1.54) is 12.8 Å². The van der Waals surface area contributed by atoms with Crippen molar-refractivity contribution in [1.82, 2.24) is 5.01 Å². The predicted octanol–water partition coefficient (Wildman–Crippen LogP) is 2.79. The van der Waals surface area contributed by atoms with Crippen LogP contribution in [0.25, 0.3) is 0 Å². The highest BCUT2D eigenvalue weighted by Crippen LogP contribution is 2.14. The lowest BCUT2D eigenvalue weighted by Gasteiger charge is -2.19. The van der Waals surface area contributed by atoms with Gasteiger partial charge in [0.1, 0.15) is 0 Å². The zero-order chi connectivity index (χ0) is 11.7. The van der Waals surface area contributed by atoms with E-state index in [4.69, 9.17) is 7.18 Å². The summed E-state index contributed by atoms with van der Waals surface area (Å²) in [6, 6.07) is 0.781. The molecule has 4 nitrogen and oxygen atoms in total. The van der Waals surface area contributed by atoms with Crippen molar-refractivity contribution in [2.75, 3.05) is 20.7 Å². The van der Waals surface area contributed by atoms with Crippen molar-refractivity contribution in [3.05, 3.63) is 0 Å². The summed E-state index contributed by atoms with van der Waals surface area (Å²) >= 11 is 1.91. The monoisotopic (exact) mass is 344 g/mol. The molecule has 1 atom stereocenters. The van der Waals surface area contributed by atoms with Gasteiger partial charge in [0.15, 0.2) is 0 Å². The third-order valence-electron chi connectivity index (χ3n) is 2.17. The average Bonchev–Trinajstić information content (AvgIpc) is 2.26. The maximum Gasteiger partial charge on any atom is 0.350 e. The van der Waals surface area contributed by atoms with Crippen LogP contribution in [0.1, 0.15) is 19.8 Å². The highest BCUT2D eigenvalue weighted by atomic mass is 127. The summed E-state index contributed by atoms with van der Waals surface area (Å²) in [5.74, 6) is 0. The fraction of sp³-hybridized carbons (Fsp3) is 0.889. The minimum atomic E-state index is -1.98. The van der Waals surface area contributed by atoms with Crippen LogP contribution in [-0.2, 0) is 7.18 Å². The minimum absolute atomic E-state index is 0.781. The van der Waals surface area contributed by atoms with Gasteiger partial charge < -0.3 is 12.2 Å². The van der Waals surface area contributed by atoms with Gasteiger partial charge in [-0.05, 0) is 13.0 Å². The molecule has 1 unspecified atom stereocenters. The Balaban J connectivity index is 3.86. The molecule has 0 radical (unpaired) electrons. The number of unbranched alkanes of at least 4 members (excludes halogenated alkanes) is 1. The van der Waals surface area contributed by atoms with Gasteiger partial charge in [-0.25, -0.2) is 0 Å². The molecule has 0 rings (SSSR count). The molecule has 0 aliphatic rings. The van der Waals surface area contributed by atoms with Gasteiger partial charge in [-0.1, -0.05) is 13.3 Å². The first-order chi connectivity index (χ1) is 7.08. The molecule has 0 N–H and O–H groups in total. The smallest absolute Gasteiger partial charge is 0.350 e. The van der Waals surface area contributed by atoms with E-state index in [2.05, 4.69) is 12.0 Å². The van der Waals surface area contributed by atoms with E-state index in [0.29, 0.717) is 0 Å². The molecular formula is C9H21IN2O2Si. The molecule has 0 aliphatic carbocycles. The topological polar surface area (TPSA) is 34.1 Å². The number of halogens is 1. The van der Waals surface area contributed by atoms with Crippen LogP contribution in [0.4, 0.5) is 0 Å². The largest absolute Gasteiger partial charge is 0.397 e. The van der Waals surface area contributed by atoms with Crippen LogP contribution in [0.2, 0.25) is 12.6 Å². The van der Waals surface area contributed by atoms with Gasteiger partial charge in [-0.2, -0.15) is 5.10 Å². The van der Waals surface area contributed by atoms with E-state index in [1.807, 2.05) is 47.8 Å². The second kappa shape index (κ2) is 8.48. The van der Waals surface area contributed by atoms with Gasteiger partial charge in [0.25, 0.3) is 0 Å². The van der Waals surface area contributed by atoms with Crippen LogP contribution in [0.15, 0.2) is 5.10 Å². The molecule has 0 amide bonds. The minimum Gasteiger partial charge on any atom is -0.397 e. The van der Waals surface area contributed by atoms with Crippen molar-refractivity contribution in [2.45, 2.75) is 32.4 Å². The maximum absolute atomic E-state index is 5.35. The van der Waals surface area contributed by atoms with Crippen molar-refractivity contribution < 1.29 is 7.18 Å². The molecule has 15 heavy (non-hydrogen) atoms. The number of hydrogen-bond acceptors (Lipinski definition) is 4. The van der Waals surface area contributed by atoms with Crippen molar-refractivity contribution in [3.63, 3.8) is 0 Å². The Morgan fingerprint density at radius 1 is 1.53 bits per heavy atom. The van der Waals surface area contributed by atoms with Crippen LogP contribution in [-0.4, -0.2) is 40.5 Å². The van der Waals surface area contributed by atoms with E-state index in [0.717, 1.165) is 12.6 Å². The zero-order valence-corrected chi connectivity index (χ0v) is 13.2. The number of hydrogen-bond donors (Lipinski definition) is 0. The molecular weight excluding hydrogens is 323 g/mol. The molecule has 0 aromatic heterocycles. The Bertz CT molecular complexity index is 189. The summed E-state index contributed by atoms with van der Waals surface area (Å²) in [6.45, 7) is 5.21. The van der Waals surface area contributed by atoms with E-state index >= 15 is 0 Å². The molecule has 0 aromatic rings. The molecule has 6 heteroatoms. The summed E-state index contributed by atoms with van der Waals surface area (Å²) in [5.41, 5.74) is 0. The maximum atomic E-state index is 5.35. The number of hydrazone groups is 1. The normalized spacial score (nSPS) is 15.5. The molecule has 0 aromatic carbocycles. The van der Waals surface area contributed by atoms with Crippen molar-refractivity contribution in [1.29, 1.82) is 0 Å². The second-order valence-electron chi connectivity index (χ2n) is 3.65. The summed E-state index contributed by atoms with van der Waals surface area (Å²) in [7, 11) is 1.70. The van der Waals surface area contributed by atoms with Crippen LogP contribution in [0, 0.1) is 0 Å². The molecule has 0 fully saturated rings. The van der Waals surface area contributed by atoms with Gasteiger partial charge in [-0.3, -0.25) is 0 Å². The number of rotatable bonds is 8. The Kier molecular flexibility index (Phi) is 8.67. The molecule has 90 valence electrons. The third-order valence-corrected chi connectivity index (χ3v) is 7.08. The Hall–Kier alpha value is 0.337.